The lowest BCUT2D eigenvalue weighted by Crippen LogP contribution is -2.40. The highest BCUT2D eigenvalue weighted by atomic mass is 15.2. The van der Waals surface area contributed by atoms with Gasteiger partial charge in [0.05, 0.1) is 6.33 Å². The molecule has 0 saturated heterocycles. The van der Waals surface area contributed by atoms with Crippen LogP contribution >= 0.6 is 0 Å². The fourth-order valence-corrected chi connectivity index (χ4v) is 2.96. The summed E-state index contributed by atoms with van der Waals surface area (Å²) in [6.07, 6.45) is 9.64. The van der Waals surface area contributed by atoms with Gasteiger partial charge in [-0.3, -0.25) is 0 Å². The normalized spacial score (nSPS) is 16.9. The Bertz CT molecular complexity index is 531. The van der Waals surface area contributed by atoms with E-state index in [9.17, 15) is 0 Å². The lowest BCUT2D eigenvalue weighted by molar-refractivity contribution is 0.414. The second kappa shape index (κ2) is 5.52. The van der Waals surface area contributed by atoms with Gasteiger partial charge in [0, 0.05) is 19.1 Å². The summed E-state index contributed by atoms with van der Waals surface area (Å²) in [7, 11) is 0. The summed E-state index contributed by atoms with van der Waals surface area (Å²) < 4.78 is 0. The van der Waals surface area contributed by atoms with Gasteiger partial charge in [0.1, 0.15) is 11.8 Å². The van der Waals surface area contributed by atoms with Crippen LogP contribution < -0.4 is 10.6 Å². The summed E-state index contributed by atoms with van der Waals surface area (Å²) >= 11 is 0. The zero-order valence-corrected chi connectivity index (χ0v) is 11.0. The molecule has 19 heavy (non-hydrogen) atoms. The third-order valence-electron chi connectivity index (χ3n) is 3.86. The van der Waals surface area contributed by atoms with Gasteiger partial charge in [-0.1, -0.05) is 19.3 Å². The molecule has 0 unspecified atom stereocenters. The third-order valence-corrected chi connectivity index (χ3v) is 3.86. The minimum absolute atomic E-state index is 0.540. The highest BCUT2D eigenvalue weighted by Crippen LogP contribution is 2.28. The lowest BCUT2D eigenvalue weighted by atomic mass is 9.94. The summed E-state index contributed by atoms with van der Waals surface area (Å²) in [6.45, 7) is 1.46. The van der Waals surface area contributed by atoms with Gasteiger partial charge in [0.15, 0.2) is 11.5 Å². The van der Waals surface area contributed by atoms with Crippen molar-refractivity contribution >= 4 is 17.0 Å². The fraction of sp³-hybridized carbons (Fsp3) is 0.615. The summed E-state index contributed by atoms with van der Waals surface area (Å²) in [6, 6.07) is 0.540. The molecule has 2 aromatic heterocycles. The molecule has 0 atom stereocenters. The minimum atomic E-state index is 0.540. The van der Waals surface area contributed by atoms with Crippen LogP contribution in [0.2, 0.25) is 0 Å². The first-order chi connectivity index (χ1) is 9.40. The van der Waals surface area contributed by atoms with Gasteiger partial charge in [-0.15, -0.1) is 0 Å². The van der Waals surface area contributed by atoms with Crippen LogP contribution in [0.15, 0.2) is 12.7 Å². The summed E-state index contributed by atoms with van der Waals surface area (Å²) in [5, 5.41) is 0. The Labute approximate surface area is 112 Å². The third kappa shape index (κ3) is 2.40. The molecule has 6 heteroatoms. The summed E-state index contributed by atoms with van der Waals surface area (Å²) in [4.78, 5) is 18.3. The molecule has 1 aliphatic carbocycles. The maximum absolute atomic E-state index is 5.78. The largest absolute Gasteiger partial charge is 0.350 e. The predicted octanol–water partition coefficient (Wildman–Crippen LogP) is 1.45. The highest BCUT2D eigenvalue weighted by Gasteiger charge is 2.23. The molecule has 102 valence electrons. The standard InChI is InChI=1S/C13H20N6/c14-6-7-19(10-4-2-1-3-5-10)13-11-12(16-8-15-11)17-9-18-13/h8-10H,1-7,14H2,(H,15,16,17,18). The molecular formula is C13H20N6. The number of H-pyrrole nitrogens is 1. The Kier molecular flexibility index (Phi) is 3.59. The Morgan fingerprint density at radius 3 is 2.84 bits per heavy atom. The smallest absolute Gasteiger partial charge is 0.182 e. The van der Waals surface area contributed by atoms with Crippen LogP contribution in [0.4, 0.5) is 5.82 Å². The Morgan fingerprint density at radius 2 is 2.05 bits per heavy atom. The first kappa shape index (κ1) is 12.3. The van der Waals surface area contributed by atoms with Crippen molar-refractivity contribution < 1.29 is 0 Å². The van der Waals surface area contributed by atoms with Crippen molar-refractivity contribution in [2.45, 2.75) is 38.1 Å². The van der Waals surface area contributed by atoms with Gasteiger partial charge in [-0.2, -0.15) is 0 Å². The van der Waals surface area contributed by atoms with Crippen molar-refractivity contribution in [2.75, 3.05) is 18.0 Å². The SMILES string of the molecule is NCCN(c1ncnc2nc[nH]c12)C1CCCCC1. The number of imidazole rings is 1. The van der Waals surface area contributed by atoms with Crippen molar-refractivity contribution in [1.29, 1.82) is 0 Å². The number of hydrogen-bond donors (Lipinski definition) is 2. The van der Waals surface area contributed by atoms with Gasteiger partial charge in [-0.05, 0) is 12.8 Å². The first-order valence-corrected chi connectivity index (χ1v) is 7.01. The van der Waals surface area contributed by atoms with Crippen LogP contribution in [0, 0.1) is 0 Å². The molecule has 2 heterocycles. The van der Waals surface area contributed by atoms with Crippen molar-refractivity contribution in [3.8, 4) is 0 Å². The number of nitrogens with two attached hydrogens (primary N) is 1. The first-order valence-electron chi connectivity index (χ1n) is 7.01. The molecule has 6 nitrogen and oxygen atoms in total. The Balaban J connectivity index is 1.96. The fourth-order valence-electron chi connectivity index (χ4n) is 2.96. The van der Waals surface area contributed by atoms with E-state index in [1.165, 1.54) is 32.1 Å². The molecule has 0 aromatic carbocycles. The topological polar surface area (TPSA) is 83.7 Å². The summed E-state index contributed by atoms with van der Waals surface area (Å²) in [5.41, 5.74) is 7.42. The molecule has 3 rings (SSSR count). The number of fused-ring (bicyclic) bond motifs is 1. The van der Waals surface area contributed by atoms with Crippen LogP contribution in [-0.4, -0.2) is 39.1 Å². The van der Waals surface area contributed by atoms with Gasteiger partial charge in [0.2, 0.25) is 0 Å². The zero-order chi connectivity index (χ0) is 13.1. The number of hydrogen-bond acceptors (Lipinski definition) is 5. The maximum Gasteiger partial charge on any atom is 0.182 e. The predicted molar refractivity (Wildman–Crippen MR) is 75.0 cm³/mol. The molecule has 1 fully saturated rings. The molecule has 0 aliphatic heterocycles. The number of anilines is 1. The molecule has 0 spiro atoms. The van der Waals surface area contributed by atoms with Gasteiger partial charge in [0.25, 0.3) is 0 Å². The molecule has 1 saturated carbocycles. The van der Waals surface area contributed by atoms with E-state index in [0.717, 1.165) is 23.5 Å². The number of aromatic amines is 1. The Morgan fingerprint density at radius 1 is 1.21 bits per heavy atom. The number of aromatic nitrogens is 4. The second-order valence-corrected chi connectivity index (χ2v) is 5.07. The zero-order valence-electron chi connectivity index (χ0n) is 11.0. The molecule has 0 bridgehead atoms. The van der Waals surface area contributed by atoms with E-state index in [1.807, 2.05) is 0 Å². The average molecular weight is 260 g/mol. The van der Waals surface area contributed by atoms with Gasteiger partial charge >= 0.3 is 0 Å². The van der Waals surface area contributed by atoms with Crippen molar-refractivity contribution in [3.63, 3.8) is 0 Å². The molecular weight excluding hydrogens is 240 g/mol. The van der Waals surface area contributed by atoms with Crippen LogP contribution in [0.25, 0.3) is 11.2 Å². The van der Waals surface area contributed by atoms with Crippen molar-refractivity contribution in [2.24, 2.45) is 5.73 Å². The Hall–Kier alpha value is -1.69. The van der Waals surface area contributed by atoms with E-state index in [1.54, 1.807) is 12.7 Å². The number of nitrogens with one attached hydrogen (secondary N) is 1. The molecule has 0 amide bonds. The van der Waals surface area contributed by atoms with Crippen molar-refractivity contribution in [3.05, 3.63) is 12.7 Å². The van der Waals surface area contributed by atoms with Crippen LogP contribution in [0.3, 0.4) is 0 Å². The van der Waals surface area contributed by atoms with E-state index in [4.69, 9.17) is 5.73 Å². The van der Waals surface area contributed by atoms with Crippen LogP contribution in [-0.2, 0) is 0 Å². The number of nitrogens with zero attached hydrogens (tertiary/aromatic N) is 4. The number of rotatable bonds is 4. The summed E-state index contributed by atoms with van der Waals surface area (Å²) in [5.74, 6) is 0.944. The van der Waals surface area contributed by atoms with E-state index in [-0.39, 0.29) is 0 Å². The molecule has 1 aliphatic rings. The van der Waals surface area contributed by atoms with E-state index < -0.39 is 0 Å². The lowest BCUT2D eigenvalue weighted by Gasteiger charge is -2.35. The average Bonchev–Trinajstić information content (AvgIpc) is 2.94. The van der Waals surface area contributed by atoms with Gasteiger partial charge in [-0.25, -0.2) is 15.0 Å². The van der Waals surface area contributed by atoms with Crippen molar-refractivity contribution in [1.82, 2.24) is 19.9 Å². The van der Waals surface area contributed by atoms with Crippen LogP contribution in [0.5, 0.6) is 0 Å². The second-order valence-electron chi connectivity index (χ2n) is 5.07. The maximum atomic E-state index is 5.78. The van der Waals surface area contributed by atoms with Crippen LogP contribution in [0.1, 0.15) is 32.1 Å². The highest BCUT2D eigenvalue weighted by molar-refractivity contribution is 5.82. The van der Waals surface area contributed by atoms with E-state index in [0.29, 0.717) is 12.6 Å². The minimum Gasteiger partial charge on any atom is -0.350 e. The molecule has 2 aromatic rings. The van der Waals surface area contributed by atoms with E-state index in [2.05, 4.69) is 24.8 Å². The van der Waals surface area contributed by atoms with Gasteiger partial charge < -0.3 is 15.6 Å². The molecule has 0 radical (unpaired) electrons. The quantitative estimate of drug-likeness (QED) is 0.869. The monoisotopic (exact) mass is 260 g/mol. The molecule has 3 N–H and O–H groups in total. The van der Waals surface area contributed by atoms with E-state index >= 15 is 0 Å².